The van der Waals surface area contributed by atoms with Crippen molar-refractivity contribution in [2.45, 2.75) is 0 Å². The Bertz CT molecular complexity index is 1020. The van der Waals surface area contributed by atoms with Crippen LogP contribution in [-0.4, -0.2) is 35.8 Å². The molecule has 0 saturated carbocycles. The molecule has 4 rings (SSSR count). The van der Waals surface area contributed by atoms with E-state index in [0.29, 0.717) is 21.0 Å². The zero-order chi connectivity index (χ0) is 18.3. The average Bonchev–Trinajstić information content (AvgIpc) is 3.12. The average molecular weight is 386 g/mol. The summed E-state index contributed by atoms with van der Waals surface area (Å²) < 4.78 is 6.13. The van der Waals surface area contributed by atoms with Crippen LogP contribution in [0.4, 0.5) is 0 Å². The third-order valence-corrected chi connectivity index (χ3v) is 5.80. The van der Waals surface area contributed by atoms with E-state index in [9.17, 15) is 14.4 Å². The molecule has 3 aromatic rings. The van der Waals surface area contributed by atoms with Crippen molar-refractivity contribution >= 4 is 50.8 Å². The highest BCUT2D eigenvalue weighted by atomic mass is 35.5. The first-order chi connectivity index (χ1) is 12.6. The number of hydrogen-bond acceptors (Lipinski definition) is 5. The monoisotopic (exact) mass is 385 g/mol. The van der Waals surface area contributed by atoms with E-state index < -0.39 is 5.97 Å². The molecule has 0 atom stereocenters. The van der Waals surface area contributed by atoms with Gasteiger partial charge in [0.15, 0.2) is 0 Å². The molecular formula is C19H12ClNO4S. The van der Waals surface area contributed by atoms with Crippen LogP contribution in [0.1, 0.15) is 30.4 Å². The van der Waals surface area contributed by atoms with Gasteiger partial charge in [0.2, 0.25) is 0 Å². The first-order valence-electron chi connectivity index (χ1n) is 7.87. The number of thiophene rings is 1. The summed E-state index contributed by atoms with van der Waals surface area (Å²) in [7, 11) is 0. The van der Waals surface area contributed by atoms with Crippen molar-refractivity contribution in [1.29, 1.82) is 0 Å². The molecule has 1 aromatic heterocycles. The van der Waals surface area contributed by atoms with Crippen LogP contribution >= 0.6 is 22.9 Å². The van der Waals surface area contributed by atoms with Crippen LogP contribution in [-0.2, 0) is 4.74 Å². The lowest BCUT2D eigenvalue weighted by molar-refractivity contribution is 0.0425. The number of amides is 2. The molecule has 0 bridgehead atoms. The predicted octanol–water partition coefficient (Wildman–Crippen LogP) is 4.01. The van der Waals surface area contributed by atoms with Crippen LogP contribution in [0.15, 0.2) is 48.5 Å². The van der Waals surface area contributed by atoms with E-state index in [2.05, 4.69) is 0 Å². The molecule has 7 heteroatoms. The van der Waals surface area contributed by atoms with Gasteiger partial charge in [0.1, 0.15) is 11.5 Å². The Morgan fingerprint density at radius 2 is 1.62 bits per heavy atom. The minimum absolute atomic E-state index is 0.000596. The summed E-state index contributed by atoms with van der Waals surface area (Å²) in [6.45, 7) is -0.0878. The highest BCUT2D eigenvalue weighted by Crippen LogP contribution is 2.35. The Morgan fingerprint density at radius 3 is 2.27 bits per heavy atom. The van der Waals surface area contributed by atoms with Crippen molar-refractivity contribution in [3.8, 4) is 0 Å². The number of esters is 1. The number of carbonyl (C=O) groups excluding carboxylic acids is 3. The fourth-order valence-corrected chi connectivity index (χ4v) is 4.28. The molecule has 0 aliphatic carbocycles. The zero-order valence-electron chi connectivity index (χ0n) is 13.4. The van der Waals surface area contributed by atoms with Crippen molar-refractivity contribution in [1.82, 2.24) is 4.90 Å². The molecular weight excluding hydrogens is 374 g/mol. The third-order valence-electron chi connectivity index (χ3n) is 4.15. The van der Waals surface area contributed by atoms with Gasteiger partial charge in [-0.15, -0.1) is 11.3 Å². The minimum atomic E-state index is -0.562. The fraction of sp³-hybridized carbons (Fsp3) is 0.105. The number of ether oxygens (including phenoxy) is 1. The summed E-state index contributed by atoms with van der Waals surface area (Å²) in [4.78, 5) is 38.2. The Balaban J connectivity index is 1.44. The number of carbonyl (C=O) groups is 3. The third kappa shape index (κ3) is 2.67. The van der Waals surface area contributed by atoms with Crippen LogP contribution in [0.3, 0.4) is 0 Å². The van der Waals surface area contributed by atoms with E-state index >= 15 is 0 Å². The second-order valence-electron chi connectivity index (χ2n) is 5.68. The van der Waals surface area contributed by atoms with Crippen LogP contribution < -0.4 is 0 Å². The fourth-order valence-electron chi connectivity index (χ4n) is 2.88. The SMILES string of the molecule is O=C(OCCN1C(=O)c2ccccc2C1=O)c1sc2ccccc2c1Cl. The lowest BCUT2D eigenvalue weighted by Gasteiger charge is -2.13. The van der Waals surface area contributed by atoms with E-state index in [-0.39, 0.29) is 25.0 Å². The van der Waals surface area contributed by atoms with Gasteiger partial charge in [0.25, 0.3) is 11.8 Å². The highest BCUT2D eigenvalue weighted by molar-refractivity contribution is 7.21. The van der Waals surface area contributed by atoms with Gasteiger partial charge < -0.3 is 4.74 Å². The van der Waals surface area contributed by atoms with Gasteiger partial charge >= 0.3 is 5.97 Å². The second-order valence-corrected chi connectivity index (χ2v) is 7.11. The molecule has 0 unspecified atom stereocenters. The maximum absolute atomic E-state index is 12.3. The Hall–Kier alpha value is -2.70. The molecule has 0 spiro atoms. The van der Waals surface area contributed by atoms with E-state index in [1.54, 1.807) is 24.3 Å². The zero-order valence-corrected chi connectivity index (χ0v) is 15.0. The predicted molar refractivity (Wildman–Crippen MR) is 98.9 cm³/mol. The number of nitrogens with zero attached hydrogens (tertiary/aromatic N) is 1. The maximum atomic E-state index is 12.3. The van der Waals surface area contributed by atoms with E-state index in [4.69, 9.17) is 16.3 Å². The molecule has 2 aromatic carbocycles. The van der Waals surface area contributed by atoms with Crippen molar-refractivity contribution in [2.75, 3.05) is 13.2 Å². The summed E-state index contributed by atoms with van der Waals surface area (Å²) in [5.41, 5.74) is 0.743. The van der Waals surface area contributed by atoms with Gasteiger partial charge in [-0.25, -0.2) is 4.79 Å². The van der Waals surface area contributed by atoms with E-state index in [1.807, 2.05) is 24.3 Å². The van der Waals surface area contributed by atoms with Crippen LogP contribution in [0.2, 0.25) is 5.02 Å². The van der Waals surface area contributed by atoms with Gasteiger partial charge in [0.05, 0.1) is 22.7 Å². The van der Waals surface area contributed by atoms with Crippen molar-refractivity contribution in [2.24, 2.45) is 0 Å². The summed E-state index contributed by atoms with van der Waals surface area (Å²) in [6.07, 6.45) is 0. The minimum Gasteiger partial charge on any atom is -0.460 e. The summed E-state index contributed by atoms with van der Waals surface area (Å²) in [5.74, 6) is -1.31. The van der Waals surface area contributed by atoms with E-state index in [0.717, 1.165) is 15.0 Å². The molecule has 2 heterocycles. The van der Waals surface area contributed by atoms with Crippen LogP contribution in [0.5, 0.6) is 0 Å². The van der Waals surface area contributed by atoms with Gasteiger partial charge in [-0.3, -0.25) is 14.5 Å². The lowest BCUT2D eigenvalue weighted by atomic mass is 10.1. The molecule has 1 aliphatic heterocycles. The molecule has 0 N–H and O–H groups in total. The summed E-state index contributed by atoms with van der Waals surface area (Å²) in [6, 6.07) is 14.1. The summed E-state index contributed by atoms with van der Waals surface area (Å²) in [5, 5.41) is 1.16. The number of rotatable bonds is 4. The smallest absolute Gasteiger partial charge is 0.349 e. The first kappa shape index (κ1) is 16.8. The van der Waals surface area contributed by atoms with Crippen LogP contribution in [0, 0.1) is 0 Å². The van der Waals surface area contributed by atoms with Gasteiger partial charge in [-0.1, -0.05) is 41.9 Å². The topological polar surface area (TPSA) is 63.7 Å². The van der Waals surface area contributed by atoms with Crippen molar-refractivity contribution in [3.05, 3.63) is 69.6 Å². The number of benzene rings is 2. The number of fused-ring (bicyclic) bond motifs is 2. The Morgan fingerprint density at radius 1 is 1.00 bits per heavy atom. The molecule has 130 valence electrons. The molecule has 0 radical (unpaired) electrons. The number of hydrogen-bond donors (Lipinski definition) is 0. The largest absolute Gasteiger partial charge is 0.460 e. The molecule has 2 amide bonds. The lowest BCUT2D eigenvalue weighted by Crippen LogP contribution is -2.33. The maximum Gasteiger partial charge on any atom is 0.349 e. The molecule has 26 heavy (non-hydrogen) atoms. The molecule has 0 saturated heterocycles. The van der Waals surface area contributed by atoms with E-state index in [1.165, 1.54) is 11.3 Å². The highest BCUT2D eigenvalue weighted by Gasteiger charge is 2.34. The summed E-state index contributed by atoms with van der Waals surface area (Å²) >= 11 is 7.51. The Labute approximate surface area is 157 Å². The van der Waals surface area contributed by atoms with Gasteiger partial charge in [-0.2, -0.15) is 0 Å². The molecule has 0 fully saturated rings. The quantitative estimate of drug-likeness (QED) is 0.503. The number of halogens is 1. The van der Waals surface area contributed by atoms with Gasteiger partial charge in [-0.05, 0) is 18.2 Å². The first-order valence-corrected chi connectivity index (χ1v) is 9.07. The van der Waals surface area contributed by atoms with Gasteiger partial charge in [0, 0.05) is 10.1 Å². The molecule has 5 nitrogen and oxygen atoms in total. The van der Waals surface area contributed by atoms with Crippen molar-refractivity contribution < 1.29 is 19.1 Å². The van der Waals surface area contributed by atoms with Crippen LogP contribution in [0.25, 0.3) is 10.1 Å². The van der Waals surface area contributed by atoms with Crippen molar-refractivity contribution in [3.63, 3.8) is 0 Å². The Kier molecular flexibility index (Phi) is 4.22. The standard InChI is InChI=1S/C19H12ClNO4S/c20-15-13-7-3-4-8-14(13)26-16(15)19(24)25-10-9-21-17(22)11-5-1-2-6-12(11)18(21)23/h1-8H,9-10H2. The number of imide groups is 1. The normalized spacial score (nSPS) is 13.3. The second kappa shape index (κ2) is 6.55. The molecule has 1 aliphatic rings.